The summed E-state index contributed by atoms with van der Waals surface area (Å²) < 4.78 is 10.6. The van der Waals surface area contributed by atoms with Gasteiger partial charge >= 0.3 is 12.1 Å². The third-order valence-corrected chi connectivity index (χ3v) is 2.97. The molecule has 0 aliphatic rings. The fraction of sp³-hybridized carbons (Fsp3) is 0.588. The summed E-state index contributed by atoms with van der Waals surface area (Å²) >= 11 is 0. The molecule has 24 heavy (non-hydrogen) atoms. The van der Waals surface area contributed by atoms with Crippen LogP contribution in [0.25, 0.3) is 0 Å². The highest BCUT2D eigenvalue weighted by atomic mass is 16.6. The van der Waals surface area contributed by atoms with Gasteiger partial charge in [-0.3, -0.25) is 4.98 Å². The number of amides is 1. The predicted octanol–water partition coefficient (Wildman–Crippen LogP) is 2.78. The summed E-state index contributed by atoms with van der Waals surface area (Å²) in [5.41, 5.74) is -0.149. The summed E-state index contributed by atoms with van der Waals surface area (Å²) in [6, 6.07) is 2.32. The first kappa shape index (κ1) is 19.7. The quantitative estimate of drug-likeness (QED) is 0.707. The number of hydrogen-bond acceptors (Lipinski definition) is 5. The zero-order chi connectivity index (χ0) is 18.2. The van der Waals surface area contributed by atoms with Crippen LogP contribution in [0.5, 0.6) is 5.75 Å². The monoisotopic (exact) mass is 338 g/mol. The molecule has 134 valence electrons. The van der Waals surface area contributed by atoms with E-state index in [1.807, 2.05) is 0 Å². The van der Waals surface area contributed by atoms with E-state index in [1.54, 1.807) is 39.1 Å². The van der Waals surface area contributed by atoms with E-state index < -0.39 is 23.7 Å². The van der Waals surface area contributed by atoms with Crippen molar-refractivity contribution in [1.29, 1.82) is 0 Å². The van der Waals surface area contributed by atoms with Gasteiger partial charge in [-0.05, 0) is 39.3 Å². The second-order valence-electron chi connectivity index (χ2n) is 6.43. The Bertz CT molecular complexity index is 537. The third-order valence-electron chi connectivity index (χ3n) is 2.97. The maximum absolute atomic E-state index is 11.7. The molecule has 0 spiro atoms. The Labute approximate surface area is 142 Å². The smallest absolute Gasteiger partial charge is 0.408 e. The van der Waals surface area contributed by atoms with Crippen molar-refractivity contribution in [1.82, 2.24) is 10.3 Å². The minimum atomic E-state index is -1.15. The zero-order valence-corrected chi connectivity index (χ0v) is 14.7. The van der Waals surface area contributed by atoms with Crippen molar-refractivity contribution in [3.63, 3.8) is 0 Å². The molecule has 0 saturated carbocycles. The van der Waals surface area contributed by atoms with Gasteiger partial charge < -0.3 is 19.9 Å². The largest absolute Gasteiger partial charge is 0.492 e. The second-order valence-corrected chi connectivity index (χ2v) is 6.43. The molecule has 1 atom stereocenters. The molecule has 0 aliphatic heterocycles. The second kappa shape index (κ2) is 9.10. The van der Waals surface area contributed by atoms with Gasteiger partial charge in [0.1, 0.15) is 17.4 Å². The van der Waals surface area contributed by atoms with E-state index in [9.17, 15) is 14.7 Å². The summed E-state index contributed by atoms with van der Waals surface area (Å²) in [5.74, 6) is -0.509. The molecule has 2 N–H and O–H groups in total. The lowest BCUT2D eigenvalue weighted by atomic mass is 10.1. The Kier molecular flexibility index (Phi) is 7.48. The van der Waals surface area contributed by atoms with Crippen molar-refractivity contribution >= 4 is 12.1 Å². The van der Waals surface area contributed by atoms with Crippen molar-refractivity contribution in [2.24, 2.45) is 0 Å². The van der Waals surface area contributed by atoms with Crippen LogP contribution in [-0.4, -0.2) is 40.4 Å². The van der Waals surface area contributed by atoms with Gasteiger partial charge in [-0.15, -0.1) is 0 Å². The fourth-order valence-electron chi connectivity index (χ4n) is 1.81. The van der Waals surface area contributed by atoms with Crippen LogP contribution < -0.4 is 10.1 Å². The van der Waals surface area contributed by atoms with Crippen molar-refractivity contribution < 1.29 is 24.2 Å². The van der Waals surface area contributed by atoms with Crippen molar-refractivity contribution in [2.45, 2.75) is 58.6 Å². The van der Waals surface area contributed by atoms with Gasteiger partial charge in [0, 0.05) is 12.1 Å². The summed E-state index contributed by atoms with van der Waals surface area (Å²) in [6.45, 7) is 7.83. The molecular weight excluding hydrogens is 312 g/mol. The fourth-order valence-corrected chi connectivity index (χ4v) is 1.81. The first-order valence-electron chi connectivity index (χ1n) is 8.01. The molecule has 0 unspecified atom stereocenters. The SMILES string of the molecule is CCCCOc1ccc(C[C@@H](NC(=O)OC(C)(C)C)C(=O)O)nc1. The van der Waals surface area contributed by atoms with Gasteiger partial charge in [0.15, 0.2) is 0 Å². The number of hydrogen-bond donors (Lipinski definition) is 2. The molecule has 1 amide bonds. The summed E-state index contributed by atoms with van der Waals surface area (Å²) in [6.07, 6.45) is 2.85. The van der Waals surface area contributed by atoms with E-state index in [-0.39, 0.29) is 6.42 Å². The Morgan fingerprint density at radius 3 is 2.54 bits per heavy atom. The number of carbonyl (C=O) groups excluding carboxylic acids is 1. The van der Waals surface area contributed by atoms with E-state index in [0.29, 0.717) is 18.1 Å². The highest BCUT2D eigenvalue weighted by Crippen LogP contribution is 2.12. The number of ether oxygens (including phenoxy) is 2. The lowest BCUT2D eigenvalue weighted by molar-refractivity contribution is -0.139. The number of unbranched alkanes of at least 4 members (excludes halogenated alkanes) is 1. The van der Waals surface area contributed by atoms with Crippen LogP contribution in [-0.2, 0) is 16.0 Å². The molecule has 1 aromatic rings. The molecule has 7 nitrogen and oxygen atoms in total. The van der Waals surface area contributed by atoms with Crippen LogP contribution in [0, 0.1) is 0 Å². The predicted molar refractivity (Wildman–Crippen MR) is 89.1 cm³/mol. The molecular formula is C17H26N2O5. The topological polar surface area (TPSA) is 97.8 Å². The zero-order valence-electron chi connectivity index (χ0n) is 14.7. The molecule has 7 heteroatoms. The lowest BCUT2D eigenvalue weighted by Crippen LogP contribution is -2.44. The molecule has 0 saturated heterocycles. The number of nitrogens with one attached hydrogen (secondary N) is 1. The number of aromatic nitrogens is 1. The number of carboxylic acids is 1. The van der Waals surface area contributed by atoms with Crippen LogP contribution in [0.2, 0.25) is 0 Å². The first-order valence-corrected chi connectivity index (χ1v) is 8.01. The van der Waals surface area contributed by atoms with Crippen LogP contribution >= 0.6 is 0 Å². The Morgan fingerprint density at radius 2 is 2.04 bits per heavy atom. The van der Waals surface area contributed by atoms with Crippen molar-refractivity contribution in [2.75, 3.05) is 6.61 Å². The molecule has 1 heterocycles. The number of alkyl carbamates (subject to hydrolysis) is 1. The highest BCUT2D eigenvalue weighted by molar-refractivity contribution is 5.80. The van der Waals surface area contributed by atoms with Gasteiger partial charge in [-0.2, -0.15) is 0 Å². The standard InChI is InChI=1S/C17H26N2O5/c1-5-6-9-23-13-8-7-12(18-11-13)10-14(15(20)21)19-16(22)24-17(2,3)4/h7-8,11,14H,5-6,9-10H2,1-4H3,(H,19,22)(H,20,21)/t14-/m1/s1. The average molecular weight is 338 g/mol. The Balaban J connectivity index is 2.62. The lowest BCUT2D eigenvalue weighted by Gasteiger charge is -2.21. The molecule has 1 rings (SSSR count). The normalized spacial score (nSPS) is 12.3. The van der Waals surface area contributed by atoms with Crippen LogP contribution in [0.4, 0.5) is 4.79 Å². The molecule has 0 aromatic carbocycles. The minimum absolute atomic E-state index is 0.0593. The minimum Gasteiger partial charge on any atom is -0.492 e. The van der Waals surface area contributed by atoms with Gasteiger partial charge in [0.05, 0.1) is 12.8 Å². The number of pyridine rings is 1. The Hall–Kier alpha value is -2.31. The maximum Gasteiger partial charge on any atom is 0.408 e. The van der Waals surface area contributed by atoms with Crippen LogP contribution in [0.15, 0.2) is 18.3 Å². The van der Waals surface area contributed by atoms with Gasteiger partial charge in [-0.25, -0.2) is 9.59 Å². The Morgan fingerprint density at radius 1 is 1.33 bits per heavy atom. The number of carboxylic acid groups (broad SMARTS) is 1. The molecule has 1 aromatic heterocycles. The van der Waals surface area contributed by atoms with E-state index in [2.05, 4.69) is 17.2 Å². The number of nitrogens with zero attached hydrogens (tertiary/aromatic N) is 1. The van der Waals surface area contributed by atoms with E-state index >= 15 is 0 Å². The van der Waals surface area contributed by atoms with E-state index in [1.165, 1.54) is 0 Å². The third kappa shape index (κ3) is 7.80. The summed E-state index contributed by atoms with van der Waals surface area (Å²) in [5, 5.41) is 11.6. The number of carbonyl (C=O) groups is 2. The highest BCUT2D eigenvalue weighted by Gasteiger charge is 2.24. The molecule has 0 aliphatic carbocycles. The maximum atomic E-state index is 11.7. The number of rotatable bonds is 8. The van der Waals surface area contributed by atoms with Crippen LogP contribution in [0.3, 0.4) is 0 Å². The first-order chi connectivity index (χ1) is 11.2. The van der Waals surface area contributed by atoms with E-state index in [4.69, 9.17) is 9.47 Å². The van der Waals surface area contributed by atoms with Gasteiger partial charge in [-0.1, -0.05) is 13.3 Å². The van der Waals surface area contributed by atoms with Crippen LogP contribution in [0.1, 0.15) is 46.2 Å². The molecule has 0 bridgehead atoms. The molecule has 0 fully saturated rings. The van der Waals surface area contributed by atoms with Crippen molar-refractivity contribution in [3.8, 4) is 5.75 Å². The number of aliphatic carboxylic acids is 1. The summed E-state index contributed by atoms with van der Waals surface area (Å²) in [7, 11) is 0. The van der Waals surface area contributed by atoms with Crippen molar-refractivity contribution in [3.05, 3.63) is 24.0 Å². The summed E-state index contributed by atoms with van der Waals surface area (Å²) in [4.78, 5) is 27.2. The van der Waals surface area contributed by atoms with E-state index in [0.717, 1.165) is 12.8 Å². The van der Waals surface area contributed by atoms with Gasteiger partial charge in [0.25, 0.3) is 0 Å². The average Bonchev–Trinajstić information content (AvgIpc) is 2.46. The molecule has 0 radical (unpaired) electrons. The van der Waals surface area contributed by atoms with Gasteiger partial charge in [0.2, 0.25) is 0 Å².